The average molecular weight is 609 g/mol. The number of rotatable bonds is 13. The van der Waals surface area contributed by atoms with Crippen LogP contribution in [-0.2, 0) is 35.0 Å². The van der Waals surface area contributed by atoms with E-state index in [2.05, 4.69) is 51.1 Å². The maximum atomic E-state index is 12.5. The Labute approximate surface area is 263 Å². The van der Waals surface area contributed by atoms with E-state index in [1.54, 1.807) is 13.0 Å². The molecule has 3 saturated heterocycles. The lowest BCUT2D eigenvalue weighted by Gasteiger charge is -2.40. The summed E-state index contributed by atoms with van der Waals surface area (Å²) in [5, 5.41) is 11.1. The summed E-state index contributed by atoms with van der Waals surface area (Å²) in [6, 6.07) is 10.5. The maximum Gasteiger partial charge on any atom is 0.303 e. The highest BCUT2D eigenvalue weighted by molar-refractivity contribution is 5.89. The van der Waals surface area contributed by atoms with Gasteiger partial charge in [-0.2, -0.15) is 0 Å². The van der Waals surface area contributed by atoms with Gasteiger partial charge in [0.15, 0.2) is 5.78 Å². The summed E-state index contributed by atoms with van der Waals surface area (Å²) in [5.41, 5.74) is 1.91. The van der Waals surface area contributed by atoms with Gasteiger partial charge >= 0.3 is 5.97 Å². The third-order valence-electron chi connectivity index (χ3n) is 9.59. The lowest BCUT2D eigenvalue weighted by atomic mass is 9.81. The van der Waals surface area contributed by atoms with Crippen LogP contribution in [0.4, 0.5) is 0 Å². The van der Waals surface area contributed by atoms with E-state index in [0.717, 1.165) is 37.7 Å². The predicted octanol–water partition coefficient (Wildman–Crippen LogP) is 6.33. The number of ketones is 1. The number of aliphatic hydroxyl groups is 1. The molecule has 1 spiro atoms. The summed E-state index contributed by atoms with van der Waals surface area (Å²) in [6.07, 6.45) is 12.7. The highest BCUT2D eigenvalue weighted by Gasteiger charge is 2.59. The number of epoxide rings is 1. The first kappa shape index (κ1) is 34.3. The van der Waals surface area contributed by atoms with E-state index >= 15 is 0 Å². The molecule has 1 unspecified atom stereocenters. The zero-order valence-electron chi connectivity index (χ0n) is 27.3. The second-order valence-electron chi connectivity index (χ2n) is 13.2. The molecule has 3 aliphatic rings. The van der Waals surface area contributed by atoms with Crippen LogP contribution >= 0.6 is 0 Å². The van der Waals surface area contributed by atoms with Crippen molar-refractivity contribution >= 4 is 11.8 Å². The van der Waals surface area contributed by atoms with E-state index in [1.165, 1.54) is 18.6 Å². The Kier molecular flexibility index (Phi) is 12.2. The molecule has 7 heteroatoms. The monoisotopic (exact) mass is 608 g/mol. The van der Waals surface area contributed by atoms with E-state index in [4.69, 9.17) is 18.9 Å². The number of ether oxygens (including phenoxy) is 4. The molecule has 0 bridgehead atoms. The molecular formula is C37H52O7. The molecule has 3 aliphatic heterocycles. The van der Waals surface area contributed by atoms with Crippen LogP contribution in [-0.4, -0.2) is 65.7 Å². The molecule has 0 radical (unpaired) electrons. The number of hydrogen-bond donors (Lipinski definition) is 1. The maximum absolute atomic E-state index is 12.5. The fourth-order valence-electron chi connectivity index (χ4n) is 6.72. The summed E-state index contributed by atoms with van der Waals surface area (Å²) in [5.74, 6) is 0.473. The van der Waals surface area contributed by atoms with Crippen molar-refractivity contribution in [1.29, 1.82) is 0 Å². The average Bonchev–Trinajstić information content (AvgIpc) is 3.76. The summed E-state index contributed by atoms with van der Waals surface area (Å²) in [4.78, 5) is 23.6. The highest BCUT2D eigenvalue weighted by atomic mass is 16.6. The van der Waals surface area contributed by atoms with Crippen molar-refractivity contribution in [3.05, 3.63) is 71.8 Å². The molecule has 242 valence electrons. The second-order valence-corrected chi connectivity index (χ2v) is 13.2. The molecule has 1 aromatic carbocycles. The third-order valence-corrected chi connectivity index (χ3v) is 9.59. The zero-order valence-corrected chi connectivity index (χ0v) is 27.3. The van der Waals surface area contributed by atoms with Gasteiger partial charge in [0.05, 0.1) is 24.9 Å². The van der Waals surface area contributed by atoms with Crippen molar-refractivity contribution < 1.29 is 33.6 Å². The molecule has 1 aromatic rings. The van der Waals surface area contributed by atoms with Crippen LogP contribution in [0.3, 0.4) is 0 Å². The van der Waals surface area contributed by atoms with Gasteiger partial charge in [0, 0.05) is 19.8 Å². The predicted molar refractivity (Wildman–Crippen MR) is 171 cm³/mol. The van der Waals surface area contributed by atoms with Gasteiger partial charge < -0.3 is 24.1 Å². The van der Waals surface area contributed by atoms with Crippen molar-refractivity contribution in [2.24, 2.45) is 17.8 Å². The van der Waals surface area contributed by atoms with E-state index in [-0.39, 0.29) is 36.0 Å². The zero-order chi connectivity index (χ0) is 31.9. The van der Waals surface area contributed by atoms with Gasteiger partial charge in [-0.25, -0.2) is 0 Å². The standard InChI is InChI=1S/C37H52O7/c1-7-30(20-29-11-9-8-10-12-29)35-22-37(23-41-37)36(40)34(44-35)18-14-24(2)13-17-33-25(3)19-31(27(5)43-33)21-32(39)16-15-26(4)42-28(6)38/h8-16,18,25-27,30-31,33-36,40H,7,17,19-23H2,1-6H3/b16-15-,18-14+,24-13+/t25-,26-,27+,30-,31-,33-,34?,35-,36-,37-/m0/s1. The van der Waals surface area contributed by atoms with Crippen LogP contribution in [0.25, 0.3) is 0 Å². The Hall–Kier alpha value is -2.58. The molecule has 0 aliphatic carbocycles. The number of esters is 1. The number of carbonyl (C=O) groups excluding carboxylic acids is 2. The molecule has 0 saturated carbocycles. The number of allylic oxidation sites excluding steroid dienone is 3. The molecule has 1 N–H and O–H groups in total. The molecule has 0 aromatic heterocycles. The van der Waals surface area contributed by atoms with E-state index in [0.29, 0.717) is 24.9 Å². The number of benzene rings is 1. The van der Waals surface area contributed by atoms with Gasteiger partial charge in [-0.05, 0) is 75.5 Å². The van der Waals surface area contributed by atoms with Gasteiger partial charge in [0.25, 0.3) is 0 Å². The Morgan fingerprint density at radius 1 is 1.14 bits per heavy atom. The van der Waals surface area contributed by atoms with Crippen molar-refractivity contribution in [1.82, 2.24) is 0 Å². The fraction of sp³-hybridized carbons (Fsp3) is 0.622. The van der Waals surface area contributed by atoms with Crippen LogP contribution in [0.2, 0.25) is 0 Å². The minimum atomic E-state index is -0.682. The number of carbonyl (C=O) groups is 2. The van der Waals surface area contributed by atoms with E-state index in [1.807, 2.05) is 25.1 Å². The molecule has 44 heavy (non-hydrogen) atoms. The van der Waals surface area contributed by atoms with Crippen molar-refractivity contribution in [3.8, 4) is 0 Å². The van der Waals surface area contributed by atoms with Crippen molar-refractivity contribution in [3.63, 3.8) is 0 Å². The normalized spacial score (nSPS) is 33.9. The summed E-state index contributed by atoms with van der Waals surface area (Å²) in [6.45, 7) is 12.2. The lowest BCUT2D eigenvalue weighted by molar-refractivity contribution is -0.149. The molecule has 4 rings (SSSR count). The third kappa shape index (κ3) is 9.46. The first-order valence-corrected chi connectivity index (χ1v) is 16.4. The summed E-state index contributed by atoms with van der Waals surface area (Å²) in [7, 11) is 0. The minimum absolute atomic E-state index is 0.0223. The van der Waals surface area contributed by atoms with Gasteiger partial charge in [-0.1, -0.05) is 74.4 Å². The Morgan fingerprint density at radius 2 is 1.86 bits per heavy atom. The molecule has 10 atom stereocenters. The quantitative estimate of drug-likeness (QED) is 0.121. The first-order valence-electron chi connectivity index (χ1n) is 16.4. The van der Waals surface area contributed by atoms with E-state index in [9.17, 15) is 14.7 Å². The molecule has 3 fully saturated rings. The van der Waals surface area contributed by atoms with Crippen LogP contribution < -0.4 is 0 Å². The first-order chi connectivity index (χ1) is 21.0. The largest absolute Gasteiger partial charge is 0.459 e. The molecular weight excluding hydrogens is 556 g/mol. The fourth-order valence-corrected chi connectivity index (χ4v) is 6.72. The van der Waals surface area contributed by atoms with E-state index < -0.39 is 23.9 Å². The molecule has 7 nitrogen and oxygen atoms in total. The molecule has 3 heterocycles. The van der Waals surface area contributed by atoms with Crippen LogP contribution in [0, 0.1) is 17.8 Å². The summed E-state index contributed by atoms with van der Waals surface area (Å²) < 4.78 is 23.8. The van der Waals surface area contributed by atoms with Gasteiger partial charge in [-0.15, -0.1) is 0 Å². The second kappa shape index (κ2) is 15.6. The minimum Gasteiger partial charge on any atom is -0.459 e. The molecule has 0 amide bonds. The Bertz CT molecular complexity index is 1180. The lowest BCUT2D eigenvalue weighted by Crippen LogP contribution is -2.52. The number of aliphatic hydroxyl groups excluding tert-OH is 1. The topological polar surface area (TPSA) is 94.6 Å². The van der Waals surface area contributed by atoms with Gasteiger partial charge in [-0.3, -0.25) is 9.59 Å². The smallest absolute Gasteiger partial charge is 0.303 e. The number of hydrogen-bond acceptors (Lipinski definition) is 7. The SMILES string of the molecule is CC[C@@H](Cc1ccccc1)[C@@H]1C[C@]2(CO2)[C@@H](O)C(/C=C/C(C)=C/C[C@@H]2O[C@H](C)[C@H](CC(=O)/C=C\[C@H](C)OC(C)=O)C[C@@H]2C)O1. The van der Waals surface area contributed by atoms with Crippen LogP contribution in [0.5, 0.6) is 0 Å². The Balaban J connectivity index is 1.30. The van der Waals surface area contributed by atoms with Gasteiger partial charge in [0.1, 0.15) is 23.9 Å². The van der Waals surface area contributed by atoms with Crippen LogP contribution in [0.1, 0.15) is 79.2 Å². The summed E-state index contributed by atoms with van der Waals surface area (Å²) >= 11 is 0. The van der Waals surface area contributed by atoms with Gasteiger partial charge in [0.2, 0.25) is 0 Å². The van der Waals surface area contributed by atoms with Crippen molar-refractivity contribution in [2.45, 2.75) is 122 Å². The highest BCUT2D eigenvalue weighted by Crippen LogP contribution is 2.45. The van der Waals surface area contributed by atoms with Crippen LogP contribution in [0.15, 0.2) is 66.3 Å². The van der Waals surface area contributed by atoms with Crippen molar-refractivity contribution in [2.75, 3.05) is 6.61 Å². The Morgan fingerprint density at radius 3 is 2.52 bits per heavy atom.